The van der Waals surface area contributed by atoms with E-state index < -0.39 is 29.7 Å². The Bertz CT molecular complexity index is 1160. The van der Waals surface area contributed by atoms with Crippen LogP contribution in [0.4, 0.5) is 4.79 Å². The van der Waals surface area contributed by atoms with Gasteiger partial charge in [-0.05, 0) is 82.2 Å². The molecule has 4 rings (SSSR count). The number of hydrogen-bond acceptors (Lipinski definition) is 7. The van der Waals surface area contributed by atoms with Gasteiger partial charge in [0.05, 0.1) is 11.7 Å². The van der Waals surface area contributed by atoms with Crippen LogP contribution in [0, 0.1) is 11.8 Å². The first-order valence-electron chi connectivity index (χ1n) is 13.2. The van der Waals surface area contributed by atoms with Crippen molar-refractivity contribution in [1.29, 1.82) is 0 Å². The number of carbonyl (C=O) groups excluding carboxylic acids is 3. The van der Waals surface area contributed by atoms with Crippen LogP contribution >= 0.6 is 11.6 Å². The molecule has 2 aromatic rings. The Hall–Kier alpha value is -2.98. The van der Waals surface area contributed by atoms with Crippen LogP contribution in [-0.2, 0) is 20.9 Å². The minimum Gasteiger partial charge on any atom is -0.444 e. The van der Waals surface area contributed by atoms with E-state index in [1.165, 1.54) is 11.2 Å². The molecule has 3 atom stereocenters. The first-order valence-corrected chi connectivity index (χ1v) is 13.5. The van der Waals surface area contributed by atoms with Crippen LogP contribution in [0.5, 0.6) is 0 Å². The van der Waals surface area contributed by atoms with E-state index in [0.717, 1.165) is 17.7 Å². The number of nitrogens with zero attached hydrogens (tertiary/aromatic N) is 5. The minimum atomic E-state index is -0.754. The number of aromatic nitrogens is 3. The number of nitrogens with one attached hydrogen (secondary N) is 1. The molecule has 0 aliphatic carbocycles. The molecule has 3 heterocycles. The molecule has 1 aromatic heterocycles. The van der Waals surface area contributed by atoms with Gasteiger partial charge in [-0.15, -0.1) is 0 Å². The Labute approximate surface area is 228 Å². The summed E-state index contributed by atoms with van der Waals surface area (Å²) in [6.45, 7) is 11.0. The molecule has 0 saturated carbocycles. The highest BCUT2D eigenvalue weighted by molar-refractivity contribution is 6.30. The van der Waals surface area contributed by atoms with E-state index in [0.29, 0.717) is 37.5 Å². The Kier molecular flexibility index (Phi) is 8.42. The number of ether oxygens (including phenoxy) is 1. The van der Waals surface area contributed by atoms with Crippen LogP contribution in [0.3, 0.4) is 0 Å². The summed E-state index contributed by atoms with van der Waals surface area (Å²) >= 11 is 6.29. The fourth-order valence-corrected chi connectivity index (χ4v) is 5.62. The number of carbonyl (C=O) groups is 3. The largest absolute Gasteiger partial charge is 0.444 e. The van der Waals surface area contributed by atoms with Gasteiger partial charge in [0.1, 0.15) is 24.3 Å². The van der Waals surface area contributed by atoms with Gasteiger partial charge in [0.25, 0.3) is 0 Å². The smallest absolute Gasteiger partial charge is 0.410 e. The molecule has 1 aromatic carbocycles. The Morgan fingerprint density at radius 2 is 1.92 bits per heavy atom. The van der Waals surface area contributed by atoms with Crippen LogP contribution in [-0.4, -0.2) is 73.2 Å². The molecule has 1 N–H and O–H groups in total. The molecule has 2 aliphatic rings. The topological polar surface area (TPSA) is 110 Å². The van der Waals surface area contributed by atoms with E-state index in [1.807, 2.05) is 26.0 Å². The van der Waals surface area contributed by atoms with Gasteiger partial charge >= 0.3 is 6.09 Å². The quantitative estimate of drug-likeness (QED) is 0.551. The van der Waals surface area contributed by atoms with E-state index in [1.54, 1.807) is 37.8 Å². The van der Waals surface area contributed by atoms with Crippen molar-refractivity contribution in [3.63, 3.8) is 0 Å². The predicted molar refractivity (Wildman–Crippen MR) is 143 cm³/mol. The molecule has 11 heteroatoms. The number of amides is 3. The summed E-state index contributed by atoms with van der Waals surface area (Å²) in [4.78, 5) is 47.4. The molecule has 2 saturated heterocycles. The van der Waals surface area contributed by atoms with Gasteiger partial charge in [-0.3, -0.25) is 24.7 Å². The maximum absolute atomic E-state index is 13.5. The number of halogens is 1. The van der Waals surface area contributed by atoms with Crippen molar-refractivity contribution in [3.05, 3.63) is 41.4 Å². The van der Waals surface area contributed by atoms with Crippen molar-refractivity contribution in [3.8, 4) is 5.69 Å². The van der Waals surface area contributed by atoms with Gasteiger partial charge < -0.3 is 4.74 Å². The van der Waals surface area contributed by atoms with Gasteiger partial charge in [-0.25, -0.2) is 14.5 Å². The SMILES string of the molecule is CC(C)C1CCN(C(=O)OC(C)(C)C)[C@@H]1C(=O)NC(=O)[C@@H]1CCCN1Cc1cc(Cl)ccc1-n1cncn1. The summed E-state index contributed by atoms with van der Waals surface area (Å²) < 4.78 is 7.23. The second kappa shape index (κ2) is 11.4. The molecule has 10 nitrogen and oxygen atoms in total. The van der Waals surface area contributed by atoms with Crippen LogP contribution < -0.4 is 5.32 Å². The lowest BCUT2D eigenvalue weighted by molar-refractivity contribution is -0.136. The lowest BCUT2D eigenvalue weighted by Crippen LogP contribution is -2.54. The van der Waals surface area contributed by atoms with Crippen molar-refractivity contribution in [2.45, 2.75) is 78.1 Å². The van der Waals surface area contributed by atoms with Gasteiger partial charge in [-0.2, -0.15) is 5.10 Å². The highest BCUT2D eigenvalue weighted by atomic mass is 35.5. The van der Waals surface area contributed by atoms with Gasteiger partial charge in [-0.1, -0.05) is 25.4 Å². The molecule has 2 aliphatic heterocycles. The Morgan fingerprint density at radius 1 is 1.16 bits per heavy atom. The zero-order valence-corrected chi connectivity index (χ0v) is 23.4. The zero-order chi connectivity index (χ0) is 27.6. The molecule has 1 unspecified atom stereocenters. The third-order valence-electron chi connectivity index (χ3n) is 7.19. The average Bonchev–Trinajstić information content (AvgIpc) is 3.58. The summed E-state index contributed by atoms with van der Waals surface area (Å²) in [5, 5.41) is 7.46. The Balaban J connectivity index is 1.48. The summed E-state index contributed by atoms with van der Waals surface area (Å²) in [6, 6.07) is 4.30. The molecule has 38 heavy (non-hydrogen) atoms. The van der Waals surface area contributed by atoms with Gasteiger partial charge in [0.2, 0.25) is 11.8 Å². The first kappa shape index (κ1) is 28.0. The number of likely N-dealkylation sites (tertiary alicyclic amines) is 2. The summed E-state index contributed by atoms with van der Waals surface area (Å²) in [7, 11) is 0. The summed E-state index contributed by atoms with van der Waals surface area (Å²) in [5.74, 6) is -0.702. The van der Waals surface area contributed by atoms with E-state index in [9.17, 15) is 14.4 Å². The highest BCUT2D eigenvalue weighted by Gasteiger charge is 2.45. The maximum Gasteiger partial charge on any atom is 0.410 e. The molecular weight excluding hydrogens is 508 g/mol. The lowest BCUT2D eigenvalue weighted by atomic mass is 9.88. The Morgan fingerprint density at radius 3 is 2.58 bits per heavy atom. The number of imide groups is 1. The molecule has 0 bridgehead atoms. The van der Waals surface area contributed by atoms with Crippen molar-refractivity contribution in [2.24, 2.45) is 11.8 Å². The maximum atomic E-state index is 13.5. The molecule has 0 spiro atoms. The summed E-state index contributed by atoms with van der Waals surface area (Å²) in [6.07, 6.45) is 4.68. The second-order valence-corrected chi connectivity index (χ2v) is 11.8. The van der Waals surface area contributed by atoms with Crippen LogP contribution in [0.25, 0.3) is 5.69 Å². The second-order valence-electron chi connectivity index (χ2n) is 11.4. The van der Waals surface area contributed by atoms with E-state index in [4.69, 9.17) is 16.3 Å². The number of benzene rings is 1. The highest BCUT2D eigenvalue weighted by Crippen LogP contribution is 2.32. The standard InChI is InChI=1S/C27H37ClN6O4/c1-17(2)20-10-12-33(26(37)38-27(3,4)5)23(20)25(36)31-24(35)22-7-6-11-32(22)14-18-13-19(28)8-9-21(18)34-16-29-15-30-34/h8-9,13,15-17,20,22-23H,6-7,10-12,14H2,1-5H3,(H,31,35,36)/t20?,22-,23-/m0/s1. The normalized spacial score (nSPS) is 22.2. The third-order valence-corrected chi connectivity index (χ3v) is 7.43. The zero-order valence-electron chi connectivity index (χ0n) is 22.7. The van der Waals surface area contributed by atoms with Crippen molar-refractivity contribution >= 4 is 29.5 Å². The third kappa shape index (κ3) is 6.35. The van der Waals surface area contributed by atoms with E-state index >= 15 is 0 Å². The van der Waals surface area contributed by atoms with E-state index in [-0.39, 0.29) is 17.7 Å². The lowest BCUT2D eigenvalue weighted by Gasteiger charge is -2.31. The molecule has 206 valence electrons. The van der Waals surface area contributed by atoms with Crippen molar-refractivity contribution in [2.75, 3.05) is 13.1 Å². The number of hydrogen-bond donors (Lipinski definition) is 1. The first-order chi connectivity index (χ1) is 17.9. The molecular formula is C27H37ClN6O4. The monoisotopic (exact) mass is 544 g/mol. The van der Waals surface area contributed by atoms with Gasteiger partial charge in [0, 0.05) is 18.1 Å². The van der Waals surface area contributed by atoms with Crippen LogP contribution in [0.2, 0.25) is 5.02 Å². The molecule has 3 amide bonds. The number of rotatable bonds is 6. The molecule has 2 fully saturated rings. The average molecular weight is 545 g/mol. The van der Waals surface area contributed by atoms with Crippen molar-refractivity contribution < 1.29 is 19.1 Å². The molecule has 0 radical (unpaired) electrons. The van der Waals surface area contributed by atoms with Crippen LogP contribution in [0.15, 0.2) is 30.9 Å². The minimum absolute atomic E-state index is 0.0632. The van der Waals surface area contributed by atoms with E-state index in [2.05, 4.69) is 20.3 Å². The summed E-state index contributed by atoms with van der Waals surface area (Å²) in [5.41, 5.74) is 1.05. The fourth-order valence-electron chi connectivity index (χ4n) is 5.42. The van der Waals surface area contributed by atoms with Gasteiger partial charge in [0.15, 0.2) is 0 Å². The van der Waals surface area contributed by atoms with Crippen molar-refractivity contribution in [1.82, 2.24) is 29.9 Å². The fraction of sp³-hybridized carbons (Fsp3) is 0.593. The predicted octanol–water partition coefficient (Wildman–Crippen LogP) is 3.81. The van der Waals surface area contributed by atoms with Crippen LogP contribution in [0.1, 0.15) is 59.4 Å².